The van der Waals surface area contributed by atoms with Crippen LogP contribution in [0.3, 0.4) is 0 Å². The summed E-state index contributed by atoms with van der Waals surface area (Å²) in [5.74, 6) is 1.55. The van der Waals surface area contributed by atoms with Crippen LogP contribution >= 0.6 is 0 Å². The van der Waals surface area contributed by atoms with Crippen molar-refractivity contribution in [3.05, 3.63) is 17.5 Å². The van der Waals surface area contributed by atoms with Gasteiger partial charge in [-0.3, -0.25) is 0 Å². The Labute approximate surface area is 122 Å². The van der Waals surface area contributed by atoms with Crippen molar-refractivity contribution in [2.75, 3.05) is 44.7 Å². The summed E-state index contributed by atoms with van der Waals surface area (Å²) in [4.78, 5) is 13.9. The molecular weight excluding hydrogens is 250 g/mol. The predicted molar refractivity (Wildman–Crippen MR) is 83.0 cm³/mol. The maximum atomic E-state index is 4.71. The van der Waals surface area contributed by atoms with E-state index < -0.39 is 0 Å². The lowest BCUT2D eigenvalue weighted by Gasteiger charge is -2.32. The molecule has 0 bridgehead atoms. The smallest absolute Gasteiger partial charge is 0.225 e. The molecule has 1 aliphatic heterocycles. The van der Waals surface area contributed by atoms with Crippen LogP contribution < -0.4 is 10.2 Å². The van der Waals surface area contributed by atoms with Gasteiger partial charge < -0.3 is 15.1 Å². The molecule has 1 aliphatic rings. The second-order valence-corrected chi connectivity index (χ2v) is 6.12. The molecule has 0 atom stereocenters. The van der Waals surface area contributed by atoms with E-state index in [1.165, 1.54) is 0 Å². The maximum Gasteiger partial charge on any atom is 0.225 e. The van der Waals surface area contributed by atoms with Gasteiger partial charge in [0.1, 0.15) is 0 Å². The summed E-state index contributed by atoms with van der Waals surface area (Å²) in [7, 11) is 2.16. The molecule has 0 spiro atoms. The van der Waals surface area contributed by atoms with Crippen molar-refractivity contribution < 1.29 is 0 Å². The summed E-state index contributed by atoms with van der Waals surface area (Å²) in [6.45, 7) is 12.5. The largest absolute Gasteiger partial charge is 0.338 e. The second-order valence-electron chi connectivity index (χ2n) is 6.12. The molecule has 1 N–H and O–H groups in total. The van der Waals surface area contributed by atoms with Crippen molar-refractivity contribution in [3.63, 3.8) is 0 Å². The summed E-state index contributed by atoms with van der Waals surface area (Å²) < 4.78 is 0. The number of nitrogens with one attached hydrogen (secondary N) is 1. The Balaban J connectivity index is 2.00. The van der Waals surface area contributed by atoms with Crippen molar-refractivity contribution in [2.45, 2.75) is 27.3 Å². The van der Waals surface area contributed by atoms with Crippen LogP contribution in [0.25, 0.3) is 0 Å². The van der Waals surface area contributed by atoms with Crippen LogP contribution in [0.1, 0.15) is 25.2 Å². The van der Waals surface area contributed by atoms with Gasteiger partial charge in [-0.05, 0) is 32.5 Å². The Morgan fingerprint density at radius 1 is 1.20 bits per heavy atom. The molecule has 0 unspecified atom stereocenters. The molecule has 2 rings (SSSR count). The van der Waals surface area contributed by atoms with Crippen LogP contribution in [0, 0.1) is 12.8 Å². The van der Waals surface area contributed by atoms with Gasteiger partial charge in [0.25, 0.3) is 0 Å². The molecule has 0 radical (unpaired) electrons. The maximum absolute atomic E-state index is 4.71. The molecule has 5 heteroatoms. The topological polar surface area (TPSA) is 44.3 Å². The van der Waals surface area contributed by atoms with Crippen molar-refractivity contribution in [3.8, 4) is 0 Å². The highest BCUT2D eigenvalue weighted by atomic mass is 15.3. The fraction of sp³-hybridized carbons (Fsp3) is 0.733. The van der Waals surface area contributed by atoms with Gasteiger partial charge in [0.2, 0.25) is 5.95 Å². The Morgan fingerprint density at radius 3 is 2.55 bits per heavy atom. The summed E-state index contributed by atoms with van der Waals surface area (Å²) in [5.41, 5.74) is 2.14. The minimum Gasteiger partial charge on any atom is -0.338 e. The number of nitrogens with zero attached hydrogens (tertiary/aromatic N) is 4. The van der Waals surface area contributed by atoms with Gasteiger partial charge in [0.15, 0.2) is 0 Å². The zero-order valence-electron chi connectivity index (χ0n) is 13.2. The van der Waals surface area contributed by atoms with E-state index >= 15 is 0 Å². The van der Waals surface area contributed by atoms with E-state index in [0.29, 0.717) is 5.92 Å². The highest BCUT2D eigenvalue weighted by Crippen LogP contribution is 2.12. The standard InChI is InChI=1S/C15H27N5/c1-12(2)10-16-11-14-9-13(3)17-15(18-14)20-7-5-19(4)6-8-20/h9,12,16H,5-8,10-11H2,1-4H3. The Bertz CT molecular complexity index is 424. The summed E-state index contributed by atoms with van der Waals surface area (Å²) in [6.07, 6.45) is 0. The summed E-state index contributed by atoms with van der Waals surface area (Å²) in [5, 5.41) is 3.45. The molecule has 2 heterocycles. The molecule has 0 aromatic carbocycles. The van der Waals surface area contributed by atoms with Gasteiger partial charge in [0.05, 0.1) is 5.69 Å². The van der Waals surface area contributed by atoms with Crippen LogP contribution in [0.2, 0.25) is 0 Å². The zero-order chi connectivity index (χ0) is 14.5. The number of hydrogen-bond donors (Lipinski definition) is 1. The number of anilines is 1. The molecule has 1 fully saturated rings. The lowest BCUT2D eigenvalue weighted by atomic mass is 10.2. The molecule has 20 heavy (non-hydrogen) atoms. The van der Waals surface area contributed by atoms with E-state index in [0.717, 1.165) is 56.6 Å². The van der Waals surface area contributed by atoms with Crippen molar-refractivity contribution >= 4 is 5.95 Å². The highest BCUT2D eigenvalue weighted by Gasteiger charge is 2.17. The van der Waals surface area contributed by atoms with Gasteiger partial charge >= 0.3 is 0 Å². The molecule has 0 amide bonds. The quantitative estimate of drug-likeness (QED) is 0.878. The third-order valence-corrected chi connectivity index (χ3v) is 3.54. The van der Waals surface area contributed by atoms with Crippen LogP contribution in [0.5, 0.6) is 0 Å². The molecule has 1 aromatic heterocycles. The zero-order valence-corrected chi connectivity index (χ0v) is 13.2. The average molecular weight is 277 g/mol. The number of piperazine rings is 1. The fourth-order valence-electron chi connectivity index (χ4n) is 2.34. The highest BCUT2D eigenvalue weighted by molar-refractivity contribution is 5.33. The van der Waals surface area contributed by atoms with Gasteiger partial charge in [-0.2, -0.15) is 0 Å². The van der Waals surface area contributed by atoms with E-state index in [2.05, 4.69) is 47.1 Å². The molecule has 5 nitrogen and oxygen atoms in total. The molecule has 112 valence electrons. The van der Waals surface area contributed by atoms with Crippen LogP contribution in [-0.2, 0) is 6.54 Å². The SMILES string of the molecule is Cc1cc(CNCC(C)C)nc(N2CCN(C)CC2)n1. The molecular formula is C15H27N5. The molecule has 0 aliphatic carbocycles. The van der Waals surface area contributed by atoms with E-state index in [9.17, 15) is 0 Å². The molecule has 1 saturated heterocycles. The van der Waals surface area contributed by atoms with Crippen molar-refractivity contribution in [2.24, 2.45) is 5.92 Å². The summed E-state index contributed by atoms with van der Waals surface area (Å²) in [6, 6.07) is 2.08. The van der Waals surface area contributed by atoms with Gasteiger partial charge in [-0.1, -0.05) is 13.8 Å². The van der Waals surface area contributed by atoms with Gasteiger partial charge in [0, 0.05) is 38.4 Å². The van der Waals surface area contributed by atoms with E-state index in [-0.39, 0.29) is 0 Å². The lowest BCUT2D eigenvalue weighted by molar-refractivity contribution is 0.311. The van der Waals surface area contributed by atoms with Gasteiger partial charge in [-0.15, -0.1) is 0 Å². The second kappa shape index (κ2) is 6.99. The van der Waals surface area contributed by atoms with Crippen molar-refractivity contribution in [1.29, 1.82) is 0 Å². The first-order chi connectivity index (χ1) is 9.54. The van der Waals surface area contributed by atoms with E-state index in [1.54, 1.807) is 0 Å². The van der Waals surface area contributed by atoms with Crippen LogP contribution in [0.15, 0.2) is 6.07 Å². The first-order valence-corrected chi connectivity index (χ1v) is 7.53. The summed E-state index contributed by atoms with van der Waals surface area (Å²) >= 11 is 0. The minimum atomic E-state index is 0.662. The minimum absolute atomic E-state index is 0.662. The number of aryl methyl sites for hydroxylation is 1. The fourth-order valence-corrected chi connectivity index (χ4v) is 2.34. The normalized spacial score (nSPS) is 16.9. The van der Waals surface area contributed by atoms with Crippen LogP contribution in [-0.4, -0.2) is 54.6 Å². The lowest BCUT2D eigenvalue weighted by Crippen LogP contribution is -2.45. The average Bonchev–Trinajstić information content (AvgIpc) is 2.38. The van der Waals surface area contributed by atoms with Crippen LogP contribution in [0.4, 0.5) is 5.95 Å². The predicted octanol–water partition coefficient (Wildman–Crippen LogP) is 1.28. The number of rotatable bonds is 5. The van der Waals surface area contributed by atoms with E-state index in [1.807, 2.05) is 6.92 Å². The number of hydrogen-bond acceptors (Lipinski definition) is 5. The van der Waals surface area contributed by atoms with E-state index in [4.69, 9.17) is 4.98 Å². The Kier molecular flexibility index (Phi) is 5.31. The first-order valence-electron chi connectivity index (χ1n) is 7.53. The number of aromatic nitrogens is 2. The third-order valence-electron chi connectivity index (χ3n) is 3.54. The number of likely N-dealkylation sites (N-methyl/N-ethyl adjacent to an activating group) is 1. The van der Waals surface area contributed by atoms with Crippen molar-refractivity contribution in [1.82, 2.24) is 20.2 Å². The third kappa shape index (κ3) is 4.42. The first kappa shape index (κ1) is 15.2. The van der Waals surface area contributed by atoms with Gasteiger partial charge in [-0.25, -0.2) is 9.97 Å². The molecule has 0 saturated carbocycles. The Morgan fingerprint density at radius 2 is 1.90 bits per heavy atom. The Hall–Kier alpha value is -1.20. The monoisotopic (exact) mass is 277 g/mol. The molecule has 1 aromatic rings.